The van der Waals surface area contributed by atoms with Gasteiger partial charge in [0.2, 0.25) is 0 Å². The van der Waals surface area contributed by atoms with Crippen molar-refractivity contribution in [2.24, 2.45) is 0 Å². The number of anilines is 1. The zero-order chi connectivity index (χ0) is 27.2. The molecule has 1 aromatic carbocycles. The third kappa shape index (κ3) is 6.67. The molecule has 0 bridgehead atoms. The van der Waals surface area contributed by atoms with Crippen LogP contribution in [0.2, 0.25) is 0 Å². The van der Waals surface area contributed by atoms with Gasteiger partial charge >= 0.3 is 0 Å². The van der Waals surface area contributed by atoms with Gasteiger partial charge in [-0.1, -0.05) is 36.3 Å². The monoisotopic (exact) mass is 513 g/mol. The van der Waals surface area contributed by atoms with Gasteiger partial charge < -0.3 is 10.2 Å². The van der Waals surface area contributed by atoms with Crippen molar-refractivity contribution in [2.45, 2.75) is 59.9 Å². The van der Waals surface area contributed by atoms with E-state index >= 15 is 0 Å². The van der Waals surface area contributed by atoms with Crippen LogP contribution in [0.3, 0.4) is 0 Å². The molecule has 200 valence electrons. The molecule has 38 heavy (non-hydrogen) atoms. The minimum Gasteiger partial charge on any atom is -0.340 e. The lowest BCUT2D eigenvalue weighted by atomic mass is 10.0. The minimum atomic E-state index is -0.255. The van der Waals surface area contributed by atoms with Crippen LogP contribution < -0.4 is 5.32 Å². The van der Waals surface area contributed by atoms with Gasteiger partial charge in [0.05, 0.1) is 12.2 Å². The van der Waals surface area contributed by atoms with Crippen LogP contribution in [-0.4, -0.2) is 39.8 Å². The van der Waals surface area contributed by atoms with Crippen LogP contribution in [-0.2, 0) is 0 Å². The molecule has 2 aromatic heterocycles. The van der Waals surface area contributed by atoms with Crippen LogP contribution >= 0.6 is 0 Å². The Hall–Kier alpha value is -3.51. The highest BCUT2D eigenvalue weighted by Crippen LogP contribution is 2.29. The maximum Gasteiger partial charge on any atom is 0.130 e. The van der Waals surface area contributed by atoms with Gasteiger partial charge in [0, 0.05) is 29.0 Å². The number of likely N-dealkylation sites (tertiary alicyclic amines) is 1. The number of halogens is 1. The number of hydrogen-bond acceptors (Lipinski definition) is 4. The average Bonchev–Trinajstić information content (AvgIpc) is 3.40. The lowest BCUT2D eigenvalue weighted by Gasteiger charge is -2.28. The van der Waals surface area contributed by atoms with E-state index in [0.717, 1.165) is 82.5 Å². The fourth-order valence-corrected chi connectivity index (χ4v) is 4.78. The summed E-state index contributed by atoms with van der Waals surface area (Å²) in [5, 5.41) is 10.3. The van der Waals surface area contributed by atoms with E-state index in [9.17, 15) is 4.39 Å². The molecule has 0 aliphatic carbocycles. The highest BCUT2D eigenvalue weighted by atomic mass is 19.1. The van der Waals surface area contributed by atoms with Gasteiger partial charge in [-0.15, -0.1) is 0 Å². The summed E-state index contributed by atoms with van der Waals surface area (Å²) in [6, 6.07) is 8.94. The van der Waals surface area contributed by atoms with Crippen molar-refractivity contribution in [3.8, 4) is 11.1 Å². The van der Waals surface area contributed by atoms with Crippen LogP contribution in [0.1, 0.15) is 59.9 Å². The summed E-state index contributed by atoms with van der Waals surface area (Å²) in [6.07, 6.45) is 14.2. The van der Waals surface area contributed by atoms with Gasteiger partial charge in [-0.25, -0.2) is 9.37 Å². The highest BCUT2D eigenvalue weighted by molar-refractivity contribution is 5.88. The predicted molar refractivity (Wildman–Crippen MR) is 158 cm³/mol. The Morgan fingerprint density at radius 1 is 1.05 bits per heavy atom. The molecule has 0 unspecified atom stereocenters. The van der Waals surface area contributed by atoms with Crippen LogP contribution in [0.4, 0.5) is 10.2 Å². The smallest absolute Gasteiger partial charge is 0.130 e. The third-order valence-corrected chi connectivity index (χ3v) is 7.31. The van der Waals surface area contributed by atoms with E-state index in [1.807, 2.05) is 53.1 Å². The van der Waals surface area contributed by atoms with E-state index < -0.39 is 0 Å². The number of rotatable bonds is 8. The van der Waals surface area contributed by atoms with Gasteiger partial charge in [0.25, 0.3) is 0 Å². The summed E-state index contributed by atoms with van der Waals surface area (Å²) in [6.45, 7) is 12.1. The summed E-state index contributed by atoms with van der Waals surface area (Å²) < 4.78 is 16.8. The predicted octanol–water partition coefficient (Wildman–Crippen LogP) is 8.23. The average molecular weight is 514 g/mol. The van der Waals surface area contributed by atoms with Crippen molar-refractivity contribution in [1.29, 1.82) is 0 Å². The van der Waals surface area contributed by atoms with Crippen molar-refractivity contribution in [3.05, 3.63) is 89.3 Å². The molecule has 1 fully saturated rings. The second-order valence-corrected chi connectivity index (χ2v) is 10.5. The van der Waals surface area contributed by atoms with Gasteiger partial charge in [-0.3, -0.25) is 4.68 Å². The number of nitrogens with one attached hydrogen (secondary N) is 1. The molecule has 3 heterocycles. The van der Waals surface area contributed by atoms with E-state index in [0.29, 0.717) is 6.04 Å². The molecule has 0 saturated carbocycles. The lowest BCUT2D eigenvalue weighted by molar-refractivity contribution is 0.212. The summed E-state index contributed by atoms with van der Waals surface area (Å²) in [5.74, 6) is 0.469. The molecule has 1 N–H and O–H groups in total. The fourth-order valence-electron chi connectivity index (χ4n) is 4.78. The quantitative estimate of drug-likeness (QED) is 0.308. The Bertz CT molecular complexity index is 1400. The van der Waals surface area contributed by atoms with Gasteiger partial charge in [0.1, 0.15) is 11.6 Å². The molecule has 5 nitrogen and oxygen atoms in total. The Balaban J connectivity index is 1.58. The molecule has 1 aliphatic heterocycles. The Morgan fingerprint density at radius 3 is 2.50 bits per heavy atom. The molecule has 1 aliphatic rings. The van der Waals surface area contributed by atoms with E-state index in [1.54, 1.807) is 12.2 Å². The maximum absolute atomic E-state index is 14.7. The zero-order valence-electron chi connectivity index (χ0n) is 23.6. The fraction of sp³-hybridized carbons (Fsp3) is 0.375. The normalized spacial score (nSPS) is 16.2. The minimum absolute atomic E-state index is 0.255. The molecule has 3 aromatic rings. The van der Waals surface area contributed by atoms with E-state index in [1.165, 1.54) is 0 Å². The van der Waals surface area contributed by atoms with Gasteiger partial charge in [-0.05, 0) is 108 Å². The third-order valence-electron chi connectivity index (χ3n) is 7.31. The first-order valence-corrected chi connectivity index (χ1v) is 13.6. The van der Waals surface area contributed by atoms with Crippen molar-refractivity contribution in [2.75, 3.05) is 25.5 Å². The van der Waals surface area contributed by atoms with E-state index in [-0.39, 0.29) is 5.83 Å². The molecule has 0 radical (unpaired) electrons. The van der Waals surface area contributed by atoms with Crippen molar-refractivity contribution in [1.82, 2.24) is 19.7 Å². The maximum atomic E-state index is 14.7. The standard InChI is InChI=1S/C32H40FN5/c1-7-23(5)15-29(33)17-24(8-2)32(22(3)4)36-31-18-27-16-25(9-10-26(27)19-34-31)28-20-35-38(21-28)30-11-13-37(6)14-12-30/h8-10,15-21,30H,7,11-14H2,1-6H3,(H,34,36)/b23-15+,24-8+,29-17+. The summed E-state index contributed by atoms with van der Waals surface area (Å²) >= 11 is 0. The summed E-state index contributed by atoms with van der Waals surface area (Å²) in [7, 11) is 2.18. The molecule has 0 amide bonds. The highest BCUT2D eigenvalue weighted by Gasteiger charge is 2.19. The number of allylic oxidation sites excluding steroid dienone is 6. The first-order chi connectivity index (χ1) is 18.3. The zero-order valence-corrected chi connectivity index (χ0v) is 23.6. The molecule has 0 atom stereocenters. The van der Waals surface area contributed by atoms with Crippen LogP contribution in [0, 0.1) is 0 Å². The van der Waals surface area contributed by atoms with Crippen molar-refractivity contribution in [3.63, 3.8) is 0 Å². The summed E-state index contributed by atoms with van der Waals surface area (Å²) in [4.78, 5) is 7.02. The van der Waals surface area contributed by atoms with Crippen LogP contribution in [0.15, 0.2) is 89.3 Å². The second-order valence-electron chi connectivity index (χ2n) is 10.5. The van der Waals surface area contributed by atoms with Gasteiger partial charge in [0.15, 0.2) is 0 Å². The number of hydrogen-bond donors (Lipinski definition) is 1. The lowest BCUT2D eigenvalue weighted by Crippen LogP contribution is -2.31. The number of aromatic nitrogens is 3. The van der Waals surface area contributed by atoms with E-state index in [2.05, 4.69) is 57.4 Å². The first kappa shape index (κ1) is 27.5. The van der Waals surface area contributed by atoms with Crippen molar-refractivity contribution >= 4 is 16.6 Å². The largest absolute Gasteiger partial charge is 0.340 e. The summed E-state index contributed by atoms with van der Waals surface area (Å²) in [5.41, 5.74) is 5.95. The van der Waals surface area contributed by atoms with Gasteiger partial charge in [-0.2, -0.15) is 5.10 Å². The second kappa shape index (κ2) is 12.4. The Kier molecular flexibility index (Phi) is 8.95. The number of pyridine rings is 1. The Morgan fingerprint density at radius 2 is 1.82 bits per heavy atom. The number of fused-ring (bicyclic) bond motifs is 1. The molecular weight excluding hydrogens is 473 g/mol. The van der Waals surface area contributed by atoms with E-state index in [4.69, 9.17) is 5.10 Å². The molecule has 6 heteroatoms. The molecule has 1 saturated heterocycles. The van der Waals surface area contributed by atoms with Crippen LogP contribution in [0.5, 0.6) is 0 Å². The topological polar surface area (TPSA) is 46.0 Å². The molecule has 0 spiro atoms. The number of benzene rings is 1. The Labute approximate surface area is 226 Å². The molecule has 4 rings (SSSR count). The van der Waals surface area contributed by atoms with Crippen molar-refractivity contribution < 1.29 is 4.39 Å². The molecular formula is C32H40FN5. The SMILES string of the molecule is C\C=C(/C=C(F)\C=C(/C)CC)C(Nc1cc2cc(-c3cnn(C4CCN(C)CC4)c3)ccc2cn1)=C(C)C. The van der Waals surface area contributed by atoms with Crippen LogP contribution in [0.25, 0.3) is 21.9 Å². The number of nitrogens with zero attached hydrogens (tertiary/aromatic N) is 4. The first-order valence-electron chi connectivity index (χ1n) is 13.6. The number of piperidine rings is 1.